The number of aromatic nitrogens is 1. The van der Waals surface area contributed by atoms with Crippen LogP contribution in [0.15, 0.2) is 54.7 Å². The number of carbonyl (C=O) groups excluding carboxylic acids is 3. The third-order valence-corrected chi connectivity index (χ3v) is 5.69. The number of hydrogen-bond acceptors (Lipinski definition) is 5. The standard InChI is InChI=1S/C23H20N4O3/c28-21-8-7-20(22(29)26-21)27-13-16-11-17(4-5-18(16)23(27)30)25-12-14-3-6-19-15(10-14)2-1-9-24-19/h1-6,9-11,20,25H,7-8,12-13H2,(H,26,28,29). The fourth-order valence-corrected chi connectivity index (χ4v) is 4.12. The third-order valence-electron chi connectivity index (χ3n) is 5.69. The Morgan fingerprint density at radius 3 is 2.87 bits per heavy atom. The van der Waals surface area contributed by atoms with Crippen LogP contribution < -0.4 is 10.6 Å². The van der Waals surface area contributed by atoms with Gasteiger partial charge in [-0.3, -0.25) is 24.7 Å². The molecule has 0 spiro atoms. The number of piperidine rings is 1. The molecule has 7 heteroatoms. The van der Waals surface area contributed by atoms with E-state index in [2.05, 4.69) is 21.7 Å². The highest BCUT2D eigenvalue weighted by Gasteiger charge is 2.39. The lowest BCUT2D eigenvalue weighted by Crippen LogP contribution is -2.52. The molecule has 7 nitrogen and oxygen atoms in total. The Labute approximate surface area is 173 Å². The van der Waals surface area contributed by atoms with Crippen LogP contribution in [0, 0.1) is 0 Å². The van der Waals surface area contributed by atoms with Gasteiger partial charge in [0.25, 0.3) is 5.91 Å². The summed E-state index contributed by atoms with van der Waals surface area (Å²) < 4.78 is 0. The van der Waals surface area contributed by atoms with Crippen LogP contribution in [0.3, 0.4) is 0 Å². The number of amides is 3. The molecule has 5 rings (SSSR count). The molecule has 2 aliphatic rings. The summed E-state index contributed by atoms with van der Waals surface area (Å²) in [7, 11) is 0. The van der Waals surface area contributed by atoms with Crippen LogP contribution in [0.2, 0.25) is 0 Å². The van der Waals surface area contributed by atoms with Crippen LogP contribution in [0.5, 0.6) is 0 Å². The first-order chi connectivity index (χ1) is 14.6. The van der Waals surface area contributed by atoms with E-state index in [1.165, 1.54) is 0 Å². The molecule has 2 aromatic carbocycles. The minimum absolute atomic E-state index is 0.159. The van der Waals surface area contributed by atoms with Crippen molar-refractivity contribution in [2.45, 2.75) is 32.0 Å². The predicted molar refractivity (Wildman–Crippen MR) is 112 cm³/mol. The van der Waals surface area contributed by atoms with Gasteiger partial charge in [0.05, 0.1) is 5.52 Å². The van der Waals surface area contributed by atoms with Crippen molar-refractivity contribution in [1.82, 2.24) is 15.2 Å². The Morgan fingerprint density at radius 2 is 2.00 bits per heavy atom. The van der Waals surface area contributed by atoms with Crippen molar-refractivity contribution in [2.24, 2.45) is 0 Å². The summed E-state index contributed by atoms with van der Waals surface area (Å²) >= 11 is 0. The zero-order valence-electron chi connectivity index (χ0n) is 16.2. The fraction of sp³-hybridized carbons (Fsp3) is 0.217. The topological polar surface area (TPSA) is 91.4 Å². The Bertz CT molecular complexity index is 1190. The summed E-state index contributed by atoms with van der Waals surface area (Å²) in [5, 5.41) is 6.83. The largest absolute Gasteiger partial charge is 0.381 e. The maximum Gasteiger partial charge on any atom is 0.255 e. The first-order valence-corrected chi connectivity index (χ1v) is 9.93. The minimum Gasteiger partial charge on any atom is -0.381 e. The Morgan fingerprint density at radius 1 is 1.10 bits per heavy atom. The van der Waals surface area contributed by atoms with Crippen LogP contribution in [-0.2, 0) is 22.7 Å². The predicted octanol–water partition coefficient (Wildman–Crippen LogP) is 2.61. The monoisotopic (exact) mass is 400 g/mol. The zero-order chi connectivity index (χ0) is 20.7. The molecule has 0 bridgehead atoms. The van der Waals surface area contributed by atoms with E-state index in [9.17, 15) is 14.4 Å². The molecule has 3 amide bonds. The van der Waals surface area contributed by atoms with Gasteiger partial charge >= 0.3 is 0 Å². The number of rotatable bonds is 4. The van der Waals surface area contributed by atoms with Crippen LogP contribution in [0.1, 0.15) is 34.3 Å². The normalized spacial score (nSPS) is 18.5. The molecular formula is C23H20N4O3. The maximum absolute atomic E-state index is 12.8. The number of carbonyl (C=O) groups is 3. The molecule has 0 radical (unpaired) electrons. The van der Waals surface area contributed by atoms with E-state index >= 15 is 0 Å². The average molecular weight is 400 g/mol. The van der Waals surface area contributed by atoms with Gasteiger partial charge in [0.2, 0.25) is 11.8 Å². The molecule has 1 atom stereocenters. The summed E-state index contributed by atoms with van der Waals surface area (Å²) in [6.45, 7) is 1.02. The highest BCUT2D eigenvalue weighted by atomic mass is 16.2. The summed E-state index contributed by atoms with van der Waals surface area (Å²) in [5.74, 6) is -0.832. The summed E-state index contributed by atoms with van der Waals surface area (Å²) in [6.07, 6.45) is 2.40. The second kappa shape index (κ2) is 7.26. The Kier molecular flexibility index (Phi) is 4.43. The van der Waals surface area contributed by atoms with E-state index in [1.54, 1.807) is 17.2 Å². The molecule has 1 saturated heterocycles. The zero-order valence-corrected chi connectivity index (χ0v) is 16.2. The molecule has 0 saturated carbocycles. The van der Waals surface area contributed by atoms with E-state index < -0.39 is 11.9 Å². The molecule has 1 fully saturated rings. The average Bonchev–Trinajstić information content (AvgIpc) is 3.08. The maximum atomic E-state index is 12.8. The first-order valence-electron chi connectivity index (χ1n) is 9.93. The van der Waals surface area contributed by atoms with E-state index in [4.69, 9.17) is 0 Å². The van der Waals surface area contributed by atoms with Crippen molar-refractivity contribution in [1.29, 1.82) is 0 Å². The van der Waals surface area contributed by atoms with Gasteiger partial charge in [-0.1, -0.05) is 12.1 Å². The van der Waals surface area contributed by atoms with Crippen LogP contribution in [-0.4, -0.2) is 33.6 Å². The summed E-state index contributed by atoms with van der Waals surface area (Å²) in [5.41, 5.74) is 4.51. The quantitative estimate of drug-likeness (QED) is 0.657. The number of nitrogens with one attached hydrogen (secondary N) is 2. The molecule has 30 heavy (non-hydrogen) atoms. The lowest BCUT2D eigenvalue weighted by molar-refractivity contribution is -0.136. The highest BCUT2D eigenvalue weighted by molar-refractivity contribution is 6.05. The van der Waals surface area contributed by atoms with Gasteiger partial charge in [-0.25, -0.2) is 0 Å². The van der Waals surface area contributed by atoms with Crippen molar-refractivity contribution >= 4 is 34.3 Å². The van der Waals surface area contributed by atoms with Crippen LogP contribution in [0.4, 0.5) is 5.69 Å². The molecule has 1 unspecified atom stereocenters. The van der Waals surface area contributed by atoms with Gasteiger partial charge in [-0.15, -0.1) is 0 Å². The van der Waals surface area contributed by atoms with E-state index in [0.29, 0.717) is 25.1 Å². The fourth-order valence-electron chi connectivity index (χ4n) is 4.12. The van der Waals surface area contributed by atoms with Gasteiger partial charge in [-0.05, 0) is 53.9 Å². The lowest BCUT2D eigenvalue weighted by Gasteiger charge is -2.29. The number of fused-ring (bicyclic) bond motifs is 2. The van der Waals surface area contributed by atoms with Gasteiger partial charge in [0.1, 0.15) is 6.04 Å². The molecule has 0 aliphatic carbocycles. The van der Waals surface area contributed by atoms with Crippen molar-refractivity contribution in [3.05, 3.63) is 71.4 Å². The minimum atomic E-state index is -0.592. The molecule has 2 aliphatic heterocycles. The van der Waals surface area contributed by atoms with Crippen molar-refractivity contribution < 1.29 is 14.4 Å². The van der Waals surface area contributed by atoms with Crippen molar-refractivity contribution in [2.75, 3.05) is 5.32 Å². The number of benzene rings is 2. The third kappa shape index (κ3) is 3.28. The van der Waals surface area contributed by atoms with Crippen LogP contribution in [0.25, 0.3) is 10.9 Å². The molecule has 1 aromatic heterocycles. The number of imide groups is 1. The number of hydrogen-bond donors (Lipinski definition) is 2. The van der Waals surface area contributed by atoms with Gasteiger partial charge in [-0.2, -0.15) is 0 Å². The SMILES string of the molecule is O=C1CCC(N2Cc3cc(NCc4ccc5ncccc5c4)ccc3C2=O)C(=O)N1. The van der Waals surface area contributed by atoms with Crippen LogP contribution >= 0.6 is 0 Å². The molecule has 150 valence electrons. The number of anilines is 1. The van der Waals surface area contributed by atoms with Crippen molar-refractivity contribution in [3.8, 4) is 0 Å². The van der Waals surface area contributed by atoms with Gasteiger partial charge in [0, 0.05) is 42.3 Å². The molecule has 3 aromatic rings. The smallest absolute Gasteiger partial charge is 0.255 e. The Balaban J connectivity index is 1.30. The first kappa shape index (κ1) is 18.3. The molecule has 2 N–H and O–H groups in total. The summed E-state index contributed by atoms with van der Waals surface area (Å²) in [6, 6.07) is 15.2. The molecular weight excluding hydrogens is 380 g/mol. The van der Waals surface area contributed by atoms with E-state index in [1.807, 2.05) is 36.4 Å². The van der Waals surface area contributed by atoms with E-state index in [-0.39, 0.29) is 18.2 Å². The highest BCUT2D eigenvalue weighted by Crippen LogP contribution is 2.29. The summed E-state index contributed by atoms with van der Waals surface area (Å²) in [4.78, 5) is 42.2. The second-order valence-corrected chi connectivity index (χ2v) is 7.66. The number of pyridine rings is 1. The van der Waals surface area contributed by atoms with Gasteiger partial charge < -0.3 is 10.2 Å². The second-order valence-electron chi connectivity index (χ2n) is 7.66. The lowest BCUT2D eigenvalue weighted by atomic mass is 10.0. The van der Waals surface area contributed by atoms with Crippen molar-refractivity contribution in [3.63, 3.8) is 0 Å². The number of nitrogens with zero attached hydrogens (tertiary/aromatic N) is 2. The Hall–Kier alpha value is -3.74. The van der Waals surface area contributed by atoms with E-state index in [0.717, 1.165) is 27.7 Å². The van der Waals surface area contributed by atoms with Gasteiger partial charge in [0.15, 0.2) is 0 Å². The molecule has 3 heterocycles.